The van der Waals surface area contributed by atoms with Gasteiger partial charge in [-0.05, 0) is 42.5 Å². The molecular weight excluding hydrogens is 556 g/mol. The van der Waals surface area contributed by atoms with Gasteiger partial charge in [0.1, 0.15) is 71.1 Å². The van der Waals surface area contributed by atoms with Crippen molar-refractivity contribution in [3.63, 3.8) is 0 Å². The first kappa shape index (κ1) is 28.7. The van der Waals surface area contributed by atoms with Gasteiger partial charge < -0.3 is 54.4 Å². The molecule has 0 amide bonds. The summed E-state index contributed by atoms with van der Waals surface area (Å²) in [6.07, 6.45) is -8.55. The lowest BCUT2D eigenvalue weighted by Crippen LogP contribution is -2.55. The molecule has 7 N–H and O–H groups in total. The number of ether oxygens (including phenoxy) is 3. The number of aliphatic hydroxyl groups is 3. The van der Waals surface area contributed by atoms with Crippen molar-refractivity contribution >= 4 is 16.9 Å². The Kier molecular flexibility index (Phi) is 7.67. The summed E-state index contributed by atoms with van der Waals surface area (Å²) in [6, 6.07) is 11.7. The highest BCUT2D eigenvalue weighted by Gasteiger charge is 2.46. The molecule has 1 fully saturated rings. The van der Waals surface area contributed by atoms with E-state index in [4.69, 9.17) is 18.6 Å². The first-order valence-corrected chi connectivity index (χ1v) is 12.6. The molecule has 5 unspecified atom stereocenters. The minimum Gasteiger partial charge on any atom is -0.507 e. The zero-order valence-electron chi connectivity index (χ0n) is 21.9. The van der Waals surface area contributed by atoms with Crippen molar-refractivity contribution in [3.8, 4) is 40.1 Å². The Hall–Kier alpha value is -4.82. The summed E-state index contributed by atoms with van der Waals surface area (Å²) < 4.78 is 21.6. The molecular formula is C29H26O13. The molecule has 0 aliphatic carbocycles. The van der Waals surface area contributed by atoms with Gasteiger partial charge in [-0.2, -0.15) is 0 Å². The Bertz CT molecular complexity index is 1700. The van der Waals surface area contributed by atoms with E-state index >= 15 is 0 Å². The van der Waals surface area contributed by atoms with Gasteiger partial charge in [0.05, 0.1) is 18.2 Å². The topological polar surface area (TPSA) is 217 Å². The van der Waals surface area contributed by atoms with E-state index in [2.05, 4.69) is 0 Å². The summed E-state index contributed by atoms with van der Waals surface area (Å²) in [5.41, 5.74) is -1.14. The molecule has 5 rings (SSSR count). The Balaban J connectivity index is 1.45. The maximum Gasteiger partial charge on any atom is 0.338 e. The Morgan fingerprint density at radius 3 is 2.24 bits per heavy atom. The quantitative estimate of drug-likeness (QED) is 0.127. The molecule has 13 heteroatoms. The van der Waals surface area contributed by atoms with Crippen LogP contribution in [0.5, 0.6) is 28.7 Å². The van der Waals surface area contributed by atoms with Gasteiger partial charge in [0, 0.05) is 17.7 Å². The predicted octanol–water partition coefficient (Wildman–Crippen LogP) is 1.67. The number of benzene rings is 3. The van der Waals surface area contributed by atoms with Crippen LogP contribution in [0.4, 0.5) is 0 Å². The molecule has 1 aliphatic rings. The minimum atomic E-state index is -1.88. The number of methoxy groups -OCH3 is 1. The van der Waals surface area contributed by atoms with E-state index in [1.54, 1.807) is 0 Å². The molecule has 0 saturated carbocycles. The molecule has 0 radical (unpaired) electrons. The lowest BCUT2D eigenvalue weighted by atomic mass is 9.89. The number of rotatable bonds is 6. The summed E-state index contributed by atoms with van der Waals surface area (Å²) in [5.74, 6) is -2.69. The van der Waals surface area contributed by atoms with E-state index in [0.29, 0.717) is 5.75 Å². The second kappa shape index (κ2) is 11.2. The fourth-order valence-electron chi connectivity index (χ4n) is 4.70. The number of hydrogen-bond donors (Lipinski definition) is 7. The number of fused-ring (bicyclic) bond motifs is 1. The summed E-state index contributed by atoms with van der Waals surface area (Å²) in [4.78, 5) is 25.5. The molecule has 42 heavy (non-hydrogen) atoms. The SMILES string of the molecule is COc1ccc(C(=O)OCC2OC(c3c(O)cc4oc(-c5ccc(O)c(O)c5)cc(=O)c4c3O)C(O)C(O)C2O)cc1. The zero-order chi connectivity index (χ0) is 30.3. The van der Waals surface area contributed by atoms with Crippen LogP contribution < -0.4 is 10.2 Å². The molecule has 0 spiro atoms. The molecule has 0 bridgehead atoms. The average Bonchev–Trinajstić information content (AvgIpc) is 2.97. The molecule has 5 atom stereocenters. The standard InChI is InChI=1S/C29H26O13/c1-39-14-5-2-12(3-6-14)29(38)40-11-21-24(34)26(36)27(37)28(42-21)23-18(33)10-20-22(25(23)35)17(32)9-19(41-20)13-4-7-15(30)16(31)8-13/h2-10,21,24,26-28,30-31,33-37H,11H2,1H3. The van der Waals surface area contributed by atoms with Crippen LogP contribution in [0.25, 0.3) is 22.3 Å². The average molecular weight is 583 g/mol. The van der Waals surface area contributed by atoms with Crippen LogP contribution in [0.15, 0.2) is 63.8 Å². The van der Waals surface area contributed by atoms with E-state index in [9.17, 15) is 45.3 Å². The summed E-state index contributed by atoms with van der Waals surface area (Å²) in [7, 11) is 1.46. The fraction of sp³-hybridized carbons (Fsp3) is 0.241. The van der Waals surface area contributed by atoms with E-state index in [0.717, 1.165) is 18.2 Å². The third-order valence-corrected chi connectivity index (χ3v) is 6.97. The number of carbonyl (C=O) groups excluding carboxylic acids is 1. The van der Waals surface area contributed by atoms with E-state index in [1.165, 1.54) is 43.5 Å². The first-order valence-electron chi connectivity index (χ1n) is 12.6. The summed E-state index contributed by atoms with van der Waals surface area (Å²) >= 11 is 0. The molecule has 1 aromatic heterocycles. The minimum absolute atomic E-state index is 0.0550. The highest BCUT2D eigenvalue weighted by molar-refractivity contribution is 5.89. The summed E-state index contributed by atoms with van der Waals surface area (Å²) in [6.45, 7) is -0.577. The van der Waals surface area contributed by atoms with Gasteiger partial charge in [0.15, 0.2) is 16.9 Å². The van der Waals surface area contributed by atoms with Gasteiger partial charge in [0.2, 0.25) is 0 Å². The lowest BCUT2D eigenvalue weighted by molar-refractivity contribution is -0.232. The second-order valence-electron chi connectivity index (χ2n) is 9.60. The highest BCUT2D eigenvalue weighted by Crippen LogP contribution is 2.45. The smallest absolute Gasteiger partial charge is 0.338 e. The van der Waals surface area contributed by atoms with Crippen molar-refractivity contribution in [2.24, 2.45) is 0 Å². The van der Waals surface area contributed by atoms with Crippen LogP contribution in [0.3, 0.4) is 0 Å². The maximum absolute atomic E-state index is 13.0. The maximum atomic E-state index is 13.0. The Morgan fingerprint density at radius 1 is 0.857 bits per heavy atom. The van der Waals surface area contributed by atoms with E-state index in [1.807, 2.05) is 0 Å². The number of hydrogen-bond acceptors (Lipinski definition) is 13. The molecule has 3 aromatic carbocycles. The normalized spacial score (nSPS) is 22.1. The van der Waals surface area contributed by atoms with Crippen LogP contribution in [0.2, 0.25) is 0 Å². The molecule has 1 saturated heterocycles. The fourth-order valence-corrected chi connectivity index (χ4v) is 4.70. The number of phenolic OH excluding ortho intramolecular Hbond substituents is 4. The lowest BCUT2D eigenvalue weighted by Gasteiger charge is -2.40. The number of esters is 1. The monoisotopic (exact) mass is 582 g/mol. The van der Waals surface area contributed by atoms with Crippen molar-refractivity contribution in [2.75, 3.05) is 13.7 Å². The van der Waals surface area contributed by atoms with Gasteiger partial charge in [-0.1, -0.05) is 0 Å². The van der Waals surface area contributed by atoms with Crippen molar-refractivity contribution in [1.29, 1.82) is 0 Å². The van der Waals surface area contributed by atoms with Gasteiger partial charge in [-0.25, -0.2) is 4.79 Å². The van der Waals surface area contributed by atoms with E-state index < -0.39 is 82.5 Å². The number of aliphatic hydroxyl groups excluding tert-OH is 3. The molecule has 13 nitrogen and oxygen atoms in total. The Labute approximate surface area is 236 Å². The number of phenols is 4. The van der Waals surface area contributed by atoms with Gasteiger partial charge in [-0.3, -0.25) is 4.79 Å². The molecule has 1 aliphatic heterocycles. The van der Waals surface area contributed by atoms with Crippen LogP contribution >= 0.6 is 0 Å². The van der Waals surface area contributed by atoms with Crippen LogP contribution in [-0.4, -0.2) is 79.8 Å². The number of aromatic hydroxyl groups is 4. The van der Waals surface area contributed by atoms with Crippen molar-refractivity contribution in [3.05, 3.63) is 75.9 Å². The zero-order valence-corrected chi connectivity index (χ0v) is 21.9. The summed E-state index contributed by atoms with van der Waals surface area (Å²) in [5, 5.41) is 72.5. The van der Waals surface area contributed by atoms with Gasteiger partial charge in [0.25, 0.3) is 0 Å². The second-order valence-corrected chi connectivity index (χ2v) is 9.60. The van der Waals surface area contributed by atoms with E-state index in [-0.39, 0.29) is 22.5 Å². The Morgan fingerprint density at radius 2 is 1.57 bits per heavy atom. The van der Waals surface area contributed by atoms with Crippen LogP contribution in [-0.2, 0) is 9.47 Å². The van der Waals surface area contributed by atoms with Crippen LogP contribution in [0, 0.1) is 0 Å². The van der Waals surface area contributed by atoms with Crippen molar-refractivity contribution in [2.45, 2.75) is 30.5 Å². The third-order valence-electron chi connectivity index (χ3n) is 6.97. The predicted molar refractivity (Wildman–Crippen MR) is 143 cm³/mol. The molecule has 220 valence electrons. The third kappa shape index (κ3) is 5.17. The molecule has 2 heterocycles. The van der Waals surface area contributed by atoms with Crippen LogP contribution in [0.1, 0.15) is 22.0 Å². The first-order chi connectivity index (χ1) is 20.0. The van der Waals surface area contributed by atoms with Gasteiger partial charge >= 0.3 is 5.97 Å². The number of carbonyl (C=O) groups is 1. The van der Waals surface area contributed by atoms with Crippen molar-refractivity contribution in [1.82, 2.24) is 0 Å². The van der Waals surface area contributed by atoms with Crippen molar-refractivity contribution < 1.29 is 59.2 Å². The highest BCUT2D eigenvalue weighted by atomic mass is 16.6. The van der Waals surface area contributed by atoms with Gasteiger partial charge in [-0.15, -0.1) is 0 Å². The largest absolute Gasteiger partial charge is 0.507 e. The molecule has 4 aromatic rings.